The molecular formula is C10H14ClNO2. The van der Waals surface area contributed by atoms with Crippen molar-refractivity contribution in [1.29, 1.82) is 0 Å². The van der Waals surface area contributed by atoms with E-state index in [4.69, 9.17) is 10.5 Å². The molecule has 0 aliphatic rings. The van der Waals surface area contributed by atoms with Gasteiger partial charge in [0, 0.05) is 0 Å². The zero-order chi connectivity index (χ0) is 9.68. The molecule has 3 nitrogen and oxygen atoms in total. The van der Waals surface area contributed by atoms with Crippen molar-refractivity contribution in [2.24, 2.45) is 5.73 Å². The average molecular weight is 216 g/mol. The van der Waals surface area contributed by atoms with Crippen LogP contribution in [0, 0.1) is 0 Å². The molecule has 0 saturated carbocycles. The Morgan fingerprint density at radius 3 is 2.50 bits per heavy atom. The van der Waals surface area contributed by atoms with Crippen LogP contribution in [0.2, 0.25) is 0 Å². The average Bonchev–Trinajstić information content (AvgIpc) is 2.18. The van der Waals surface area contributed by atoms with Crippen molar-refractivity contribution in [2.75, 3.05) is 6.61 Å². The first kappa shape index (κ1) is 12.9. The highest BCUT2D eigenvalue weighted by Gasteiger charge is 2.15. The van der Waals surface area contributed by atoms with Crippen LogP contribution < -0.4 is 5.73 Å². The van der Waals surface area contributed by atoms with Crippen molar-refractivity contribution in [2.45, 2.75) is 13.0 Å². The largest absolute Gasteiger partial charge is 0.465 e. The van der Waals surface area contributed by atoms with E-state index >= 15 is 0 Å². The summed E-state index contributed by atoms with van der Waals surface area (Å²) >= 11 is 0. The van der Waals surface area contributed by atoms with E-state index in [9.17, 15) is 4.79 Å². The van der Waals surface area contributed by atoms with Gasteiger partial charge in [0.05, 0.1) is 6.61 Å². The maximum atomic E-state index is 11.2. The van der Waals surface area contributed by atoms with Gasteiger partial charge in [-0.3, -0.25) is 0 Å². The molecule has 0 aromatic heterocycles. The monoisotopic (exact) mass is 215 g/mol. The van der Waals surface area contributed by atoms with Gasteiger partial charge in [-0.05, 0) is 12.5 Å². The number of esters is 1. The number of rotatable bonds is 3. The minimum Gasteiger partial charge on any atom is -0.465 e. The van der Waals surface area contributed by atoms with Crippen LogP contribution in [0.25, 0.3) is 0 Å². The molecule has 4 heteroatoms. The van der Waals surface area contributed by atoms with Crippen molar-refractivity contribution in [3.63, 3.8) is 0 Å². The highest BCUT2D eigenvalue weighted by atomic mass is 35.5. The van der Waals surface area contributed by atoms with Crippen LogP contribution in [0.3, 0.4) is 0 Å². The summed E-state index contributed by atoms with van der Waals surface area (Å²) in [7, 11) is 0. The standard InChI is InChI=1S/C10H13NO2.ClH/c1-2-13-10(12)9(11)8-6-4-3-5-7-8;/h3-7,9H,2,11H2,1H3;1H/t9-;/m1./s1. The molecule has 0 radical (unpaired) electrons. The third kappa shape index (κ3) is 3.36. The van der Waals surface area contributed by atoms with E-state index in [0.717, 1.165) is 5.56 Å². The first-order chi connectivity index (χ1) is 6.25. The van der Waals surface area contributed by atoms with Crippen molar-refractivity contribution in [1.82, 2.24) is 0 Å². The van der Waals surface area contributed by atoms with Gasteiger partial charge in [0.2, 0.25) is 0 Å². The summed E-state index contributed by atoms with van der Waals surface area (Å²) in [5.41, 5.74) is 6.43. The number of carbonyl (C=O) groups is 1. The van der Waals surface area contributed by atoms with Crippen molar-refractivity contribution in [3.8, 4) is 0 Å². The minimum absolute atomic E-state index is 0. The Morgan fingerprint density at radius 1 is 1.43 bits per heavy atom. The third-order valence-electron chi connectivity index (χ3n) is 1.70. The molecule has 1 rings (SSSR count). The Morgan fingerprint density at radius 2 is 2.00 bits per heavy atom. The molecule has 0 bridgehead atoms. The second kappa shape index (κ2) is 6.40. The maximum Gasteiger partial charge on any atom is 0.327 e. The number of hydrogen-bond donors (Lipinski definition) is 1. The SMILES string of the molecule is CCOC(=O)[C@H](N)c1ccccc1.Cl. The summed E-state index contributed by atoms with van der Waals surface area (Å²) in [6.45, 7) is 2.12. The third-order valence-corrected chi connectivity index (χ3v) is 1.70. The molecule has 0 saturated heterocycles. The first-order valence-electron chi connectivity index (χ1n) is 4.23. The quantitative estimate of drug-likeness (QED) is 0.781. The van der Waals surface area contributed by atoms with Crippen LogP contribution in [0.4, 0.5) is 0 Å². The van der Waals surface area contributed by atoms with Gasteiger partial charge in [-0.1, -0.05) is 30.3 Å². The van der Waals surface area contributed by atoms with Gasteiger partial charge >= 0.3 is 5.97 Å². The molecule has 0 aliphatic carbocycles. The zero-order valence-corrected chi connectivity index (χ0v) is 8.79. The Bertz CT molecular complexity index is 277. The fourth-order valence-corrected chi connectivity index (χ4v) is 1.03. The highest BCUT2D eigenvalue weighted by molar-refractivity contribution is 5.85. The lowest BCUT2D eigenvalue weighted by atomic mass is 10.1. The van der Waals surface area contributed by atoms with Crippen LogP contribution in [-0.4, -0.2) is 12.6 Å². The van der Waals surface area contributed by atoms with Gasteiger partial charge in [-0.15, -0.1) is 12.4 Å². The predicted molar refractivity (Wildman–Crippen MR) is 57.3 cm³/mol. The number of nitrogens with two attached hydrogens (primary N) is 1. The lowest BCUT2D eigenvalue weighted by molar-refractivity contribution is -0.144. The lowest BCUT2D eigenvalue weighted by Crippen LogP contribution is -2.23. The summed E-state index contributed by atoms with van der Waals surface area (Å²) in [5.74, 6) is -0.381. The van der Waals surface area contributed by atoms with E-state index in [-0.39, 0.29) is 18.4 Å². The van der Waals surface area contributed by atoms with Gasteiger partial charge in [-0.2, -0.15) is 0 Å². The van der Waals surface area contributed by atoms with E-state index in [0.29, 0.717) is 6.61 Å². The molecule has 14 heavy (non-hydrogen) atoms. The van der Waals surface area contributed by atoms with Gasteiger partial charge in [-0.25, -0.2) is 4.79 Å². The molecule has 0 amide bonds. The van der Waals surface area contributed by atoms with Gasteiger partial charge in [0.1, 0.15) is 6.04 Å². The van der Waals surface area contributed by atoms with E-state index in [1.165, 1.54) is 0 Å². The molecular weight excluding hydrogens is 202 g/mol. The Balaban J connectivity index is 0.00000169. The first-order valence-corrected chi connectivity index (χ1v) is 4.23. The lowest BCUT2D eigenvalue weighted by Gasteiger charge is -2.09. The Kier molecular flexibility index (Phi) is 5.92. The molecule has 1 atom stereocenters. The summed E-state index contributed by atoms with van der Waals surface area (Å²) in [6, 6.07) is 8.51. The molecule has 1 aromatic rings. The fraction of sp³-hybridized carbons (Fsp3) is 0.300. The Labute approximate surface area is 89.7 Å². The van der Waals surface area contributed by atoms with Gasteiger partial charge in [0.25, 0.3) is 0 Å². The molecule has 1 aromatic carbocycles. The normalized spacial score (nSPS) is 11.3. The molecule has 0 aliphatic heterocycles. The van der Waals surface area contributed by atoms with Crippen molar-refractivity contribution >= 4 is 18.4 Å². The van der Waals surface area contributed by atoms with Gasteiger partial charge < -0.3 is 10.5 Å². The number of hydrogen-bond acceptors (Lipinski definition) is 3. The Hall–Kier alpha value is -1.06. The van der Waals surface area contributed by atoms with Gasteiger partial charge in [0.15, 0.2) is 0 Å². The molecule has 78 valence electrons. The predicted octanol–water partition coefficient (Wildman–Crippen LogP) is 1.67. The number of carbonyl (C=O) groups excluding carboxylic acids is 1. The fourth-order valence-electron chi connectivity index (χ4n) is 1.03. The molecule has 0 unspecified atom stereocenters. The second-order valence-electron chi connectivity index (χ2n) is 2.64. The molecule has 0 spiro atoms. The van der Waals surface area contributed by atoms with Crippen LogP contribution >= 0.6 is 12.4 Å². The van der Waals surface area contributed by atoms with E-state index in [1.807, 2.05) is 30.3 Å². The summed E-state index contributed by atoms with van der Waals surface area (Å²) in [4.78, 5) is 11.2. The van der Waals surface area contributed by atoms with Crippen LogP contribution in [0.1, 0.15) is 18.5 Å². The number of ether oxygens (including phenoxy) is 1. The van der Waals surface area contributed by atoms with Crippen LogP contribution in [-0.2, 0) is 9.53 Å². The van der Waals surface area contributed by atoms with E-state index in [1.54, 1.807) is 6.92 Å². The number of benzene rings is 1. The van der Waals surface area contributed by atoms with Crippen molar-refractivity contribution in [3.05, 3.63) is 35.9 Å². The van der Waals surface area contributed by atoms with E-state index < -0.39 is 6.04 Å². The van der Waals surface area contributed by atoms with E-state index in [2.05, 4.69) is 0 Å². The zero-order valence-electron chi connectivity index (χ0n) is 7.97. The second-order valence-corrected chi connectivity index (χ2v) is 2.64. The van der Waals surface area contributed by atoms with Crippen LogP contribution in [0.15, 0.2) is 30.3 Å². The van der Waals surface area contributed by atoms with Crippen molar-refractivity contribution < 1.29 is 9.53 Å². The summed E-state index contributed by atoms with van der Waals surface area (Å²) in [5, 5.41) is 0. The topological polar surface area (TPSA) is 52.3 Å². The molecule has 2 N–H and O–H groups in total. The minimum atomic E-state index is -0.666. The maximum absolute atomic E-state index is 11.2. The smallest absolute Gasteiger partial charge is 0.327 e. The summed E-state index contributed by atoms with van der Waals surface area (Å²) in [6.07, 6.45) is 0. The summed E-state index contributed by atoms with van der Waals surface area (Å²) < 4.78 is 4.79. The molecule has 0 fully saturated rings. The van der Waals surface area contributed by atoms with Crippen LogP contribution in [0.5, 0.6) is 0 Å². The highest BCUT2D eigenvalue weighted by Crippen LogP contribution is 2.10. The number of halogens is 1. The molecule has 0 heterocycles.